The number of nitrogens with one attached hydrogen (secondary N) is 1. The van der Waals surface area contributed by atoms with E-state index in [-0.39, 0.29) is 22.1 Å². The van der Waals surface area contributed by atoms with Crippen LogP contribution in [0.15, 0.2) is 86.9 Å². The van der Waals surface area contributed by atoms with Gasteiger partial charge in [0, 0.05) is 30.0 Å². The third-order valence-corrected chi connectivity index (χ3v) is 6.93. The standard InChI is InChI=1S/C22H18ClN7O4S/c1-14-19(21(32)30(28-14)20(31)15-4-6-16(23)7-5-15)27-26-17-8-10-18(11-9-17)35(33,34)29(2)22-24-12-3-13-25-22/h3-13,28H,1-2H3. The van der Waals surface area contributed by atoms with E-state index in [4.69, 9.17) is 11.6 Å². The van der Waals surface area contributed by atoms with Gasteiger partial charge in [-0.25, -0.2) is 22.7 Å². The Morgan fingerprint density at radius 1 is 1.03 bits per heavy atom. The Balaban J connectivity index is 1.55. The van der Waals surface area contributed by atoms with E-state index >= 15 is 0 Å². The second kappa shape index (κ2) is 9.60. The Kier molecular flexibility index (Phi) is 6.58. The molecular weight excluding hydrogens is 494 g/mol. The molecule has 0 aliphatic heterocycles. The Labute approximate surface area is 204 Å². The van der Waals surface area contributed by atoms with Gasteiger partial charge in [0.2, 0.25) is 5.95 Å². The first-order valence-corrected chi connectivity index (χ1v) is 11.9. The molecule has 2 aromatic carbocycles. The van der Waals surface area contributed by atoms with Crippen LogP contribution in [0.1, 0.15) is 16.1 Å². The van der Waals surface area contributed by atoms with Crippen molar-refractivity contribution in [2.24, 2.45) is 10.2 Å². The lowest BCUT2D eigenvalue weighted by molar-refractivity contribution is 0.0941. The summed E-state index contributed by atoms with van der Waals surface area (Å²) in [6.45, 7) is 1.58. The summed E-state index contributed by atoms with van der Waals surface area (Å²) in [5, 5.41) is 11.1. The summed E-state index contributed by atoms with van der Waals surface area (Å²) in [6.07, 6.45) is 2.88. The van der Waals surface area contributed by atoms with Crippen LogP contribution in [0.3, 0.4) is 0 Å². The van der Waals surface area contributed by atoms with Crippen molar-refractivity contribution in [2.75, 3.05) is 11.4 Å². The van der Waals surface area contributed by atoms with Crippen molar-refractivity contribution in [1.82, 2.24) is 19.7 Å². The SMILES string of the molecule is Cc1[nH]n(C(=O)c2ccc(Cl)cc2)c(=O)c1N=Nc1ccc(S(=O)(=O)N(C)c2ncccn2)cc1. The molecule has 0 atom stereocenters. The number of azo groups is 1. The molecule has 2 aromatic heterocycles. The van der Waals surface area contributed by atoms with Crippen molar-refractivity contribution in [3.63, 3.8) is 0 Å². The van der Waals surface area contributed by atoms with Gasteiger partial charge in [0.05, 0.1) is 16.3 Å². The summed E-state index contributed by atoms with van der Waals surface area (Å²) >= 11 is 5.84. The predicted molar refractivity (Wildman–Crippen MR) is 129 cm³/mol. The first-order chi connectivity index (χ1) is 16.7. The number of anilines is 1. The van der Waals surface area contributed by atoms with Gasteiger partial charge >= 0.3 is 5.56 Å². The van der Waals surface area contributed by atoms with Crippen LogP contribution in [0, 0.1) is 6.92 Å². The van der Waals surface area contributed by atoms with E-state index in [0.29, 0.717) is 16.4 Å². The number of aromatic amines is 1. The maximum absolute atomic E-state index is 12.8. The second-order valence-corrected chi connectivity index (χ2v) is 9.66. The molecule has 0 saturated heterocycles. The molecule has 0 bridgehead atoms. The summed E-state index contributed by atoms with van der Waals surface area (Å²) in [5.41, 5.74) is 0.187. The Morgan fingerprint density at radius 3 is 2.29 bits per heavy atom. The molecule has 4 aromatic rings. The molecule has 0 aliphatic carbocycles. The molecule has 0 saturated carbocycles. The van der Waals surface area contributed by atoms with Gasteiger partial charge in [-0.1, -0.05) is 11.6 Å². The molecule has 178 valence electrons. The van der Waals surface area contributed by atoms with Crippen LogP contribution in [0.25, 0.3) is 0 Å². The molecule has 0 aliphatic rings. The van der Waals surface area contributed by atoms with Gasteiger partial charge in [-0.05, 0) is 61.5 Å². The predicted octanol–water partition coefficient (Wildman–Crippen LogP) is 3.86. The summed E-state index contributed by atoms with van der Waals surface area (Å²) < 4.78 is 27.4. The Morgan fingerprint density at radius 2 is 1.66 bits per heavy atom. The minimum Gasteiger partial charge on any atom is -0.290 e. The number of hydrogen-bond donors (Lipinski definition) is 1. The maximum atomic E-state index is 12.8. The number of aryl methyl sites for hydroxylation is 1. The molecule has 35 heavy (non-hydrogen) atoms. The summed E-state index contributed by atoms with van der Waals surface area (Å²) in [4.78, 5) is 33.3. The average Bonchev–Trinajstić information content (AvgIpc) is 3.16. The van der Waals surface area contributed by atoms with Crippen LogP contribution in [-0.2, 0) is 10.0 Å². The number of H-pyrrole nitrogens is 1. The number of halogens is 1. The highest BCUT2D eigenvalue weighted by atomic mass is 35.5. The number of hydrogen-bond acceptors (Lipinski definition) is 8. The van der Waals surface area contributed by atoms with E-state index < -0.39 is 21.5 Å². The zero-order valence-electron chi connectivity index (χ0n) is 18.5. The van der Waals surface area contributed by atoms with Crippen LogP contribution < -0.4 is 9.86 Å². The van der Waals surface area contributed by atoms with Crippen LogP contribution in [0.2, 0.25) is 5.02 Å². The van der Waals surface area contributed by atoms with Crippen molar-refractivity contribution in [1.29, 1.82) is 0 Å². The van der Waals surface area contributed by atoms with Gasteiger partial charge < -0.3 is 0 Å². The third-order valence-electron chi connectivity index (χ3n) is 4.93. The van der Waals surface area contributed by atoms with Gasteiger partial charge in [0.15, 0.2) is 5.69 Å². The molecule has 0 spiro atoms. The van der Waals surface area contributed by atoms with E-state index in [0.717, 1.165) is 8.99 Å². The monoisotopic (exact) mass is 511 g/mol. The maximum Gasteiger partial charge on any atom is 0.302 e. The van der Waals surface area contributed by atoms with Crippen LogP contribution >= 0.6 is 11.6 Å². The number of carbonyl (C=O) groups is 1. The molecule has 13 heteroatoms. The highest BCUT2D eigenvalue weighted by molar-refractivity contribution is 7.92. The minimum absolute atomic E-state index is 0.000134. The fourth-order valence-corrected chi connectivity index (χ4v) is 4.26. The number of carbonyl (C=O) groups excluding carboxylic acids is 1. The zero-order valence-corrected chi connectivity index (χ0v) is 20.0. The minimum atomic E-state index is -3.89. The molecule has 0 amide bonds. The topological polar surface area (TPSA) is 143 Å². The molecule has 0 radical (unpaired) electrons. The fourth-order valence-electron chi connectivity index (χ4n) is 3.03. The first-order valence-electron chi connectivity index (χ1n) is 10.1. The van der Waals surface area contributed by atoms with Crippen molar-refractivity contribution in [3.8, 4) is 0 Å². The number of rotatable bonds is 6. The van der Waals surface area contributed by atoms with Gasteiger partial charge in [0.25, 0.3) is 15.9 Å². The van der Waals surface area contributed by atoms with E-state index in [1.807, 2.05) is 0 Å². The van der Waals surface area contributed by atoms with E-state index in [2.05, 4.69) is 25.3 Å². The third kappa shape index (κ3) is 4.88. The first kappa shape index (κ1) is 24.0. The van der Waals surface area contributed by atoms with E-state index in [1.54, 1.807) is 25.1 Å². The molecular formula is C22H18ClN7O4S. The molecule has 1 N–H and O–H groups in total. The number of aromatic nitrogens is 4. The van der Waals surface area contributed by atoms with Gasteiger partial charge in [0.1, 0.15) is 0 Å². The normalized spacial score (nSPS) is 11.6. The average molecular weight is 512 g/mol. The second-order valence-electron chi connectivity index (χ2n) is 7.25. The fraction of sp³-hybridized carbons (Fsp3) is 0.0909. The van der Waals surface area contributed by atoms with Crippen molar-refractivity contribution in [2.45, 2.75) is 11.8 Å². The molecule has 0 unspecified atom stereocenters. The van der Waals surface area contributed by atoms with Crippen LogP contribution in [0.4, 0.5) is 17.3 Å². The van der Waals surface area contributed by atoms with Crippen molar-refractivity contribution >= 4 is 44.9 Å². The summed E-state index contributed by atoms with van der Waals surface area (Å²) in [7, 11) is -2.54. The number of nitrogens with zero attached hydrogens (tertiary/aromatic N) is 6. The van der Waals surface area contributed by atoms with Gasteiger partial charge in [-0.2, -0.15) is 9.80 Å². The highest BCUT2D eigenvalue weighted by Gasteiger charge is 2.23. The molecule has 2 heterocycles. The molecule has 4 rings (SSSR count). The highest BCUT2D eigenvalue weighted by Crippen LogP contribution is 2.23. The van der Waals surface area contributed by atoms with E-state index in [9.17, 15) is 18.0 Å². The molecule has 11 nitrogen and oxygen atoms in total. The van der Waals surface area contributed by atoms with Crippen LogP contribution in [0.5, 0.6) is 0 Å². The smallest absolute Gasteiger partial charge is 0.290 e. The zero-order chi connectivity index (χ0) is 25.2. The van der Waals surface area contributed by atoms with Crippen LogP contribution in [-0.4, -0.2) is 41.1 Å². The van der Waals surface area contributed by atoms with Gasteiger partial charge in [-0.15, -0.1) is 5.11 Å². The lowest BCUT2D eigenvalue weighted by Gasteiger charge is -2.16. The number of benzene rings is 2. The molecule has 0 fully saturated rings. The Hall–Kier alpha value is -4.16. The van der Waals surface area contributed by atoms with Crippen molar-refractivity contribution in [3.05, 3.63) is 93.6 Å². The van der Waals surface area contributed by atoms with Crippen molar-refractivity contribution < 1.29 is 13.2 Å². The quantitative estimate of drug-likeness (QED) is 0.389. The lowest BCUT2D eigenvalue weighted by atomic mass is 10.2. The van der Waals surface area contributed by atoms with Gasteiger partial charge in [-0.3, -0.25) is 14.7 Å². The Bertz CT molecular complexity index is 1560. The largest absolute Gasteiger partial charge is 0.302 e. The summed E-state index contributed by atoms with van der Waals surface area (Å²) in [5.74, 6) is -0.541. The van der Waals surface area contributed by atoms with E-state index in [1.165, 1.54) is 55.8 Å². The summed E-state index contributed by atoms with van der Waals surface area (Å²) in [6, 6.07) is 13.3. The lowest BCUT2D eigenvalue weighted by Crippen LogP contribution is -2.28. The number of sulfonamides is 1.